The van der Waals surface area contributed by atoms with E-state index in [0.717, 1.165) is 10.9 Å². The highest BCUT2D eigenvalue weighted by atomic mass is 35.5. The molecule has 14 nitrogen and oxygen atoms in total. The van der Waals surface area contributed by atoms with Crippen molar-refractivity contribution in [2.45, 2.75) is 56.5 Å². The summed E-state index contributed by atoms with van der Waals surface area (Å²) in [5.74, 6) is -0.808. The van der Waals surface area contributed by atoms with Crippen molar-refractivity contribution in [2.24, 2.45) is 0 Å². The lowest BCUT2D eigenvalue weighted by atomic mass is 10.1. The van der Waals surface area contributed by atoms with Gasteiger partial charge >= 0.3 is 13.7 Å². The smallest absolute Gasteiger partial charge is 0.459 e. The Bertz CT molecular complexity index is 1380. The van der Waals surface area contributed by atoms with E-state index in [4.69, 9.17) is 41.6 Å². The number of carbonyl (C=O) groups excluding carboxylic acids is 1. The average molecular weight is 588 g/mol. The molecule has 1 aromatic carbocycles. The Kier molecular flexibility index (Phi) is 8.30. The highest BCUT2D eigenvalue weighted by Gasteiger charge is 2.58. The predicted molar refractivity (Wildman–Crippen MR) is 138 cm³/mol. The number of carbonyl (C=O) groups is 1. The summed E-state index contributed by atoms with van der Waals surface area (Å²) < 4.78 is 52.3. The molecule has 0 bridgehead atoms. The molecule has 2 aromatic heterocycles. The minimum Gasteiger partial charge on any atom is -0.462 e. The maximum atomic E-state index is 15.6. The van der Waals surface area contributed by atoms with Gasteiger partial charge in [-0.1, -0.05) is 29.8 Å². The summed E-state index contributed by atoms with van der Waals surface area (Å²) in [6, 6.07) is 6.89. The molecule has 0 aliphatic carbocycles. The van der Waals surface area contributed by atoms with Crippen molar-refractivity contribution in [1.29, 1.82) is 0 Å². The summed E-state index contributed by atoms with van der Waals surface area (Å²) in [4.78, 5) is 24.2. The van der Waals surface area contributed by atoms with Crippen molar-refractivity contribution < 1.29 is 37.4 Å². The van der Waals surface area contributed by atoms with Crippen LogP contribution in [0.25, 0.3) is 11.2 Å². The van der Waals surface area contributed by atoms with Crippen molar-refractivity contribution in [2.75, 3.05) is 18.1 Å². The molecule has 1 aliphatic rings. The number of para-hydroxylation sites is 1. The lowest BCUT2D eigenvalue weighted by Crippen LogP contribution is -2.40. The third-order valence-corrected chi connectivity index (χ3v) is 7.59. The molecule has 3 aromatic rings. The van der Waals surface area contributed by atoms with Gasteiger partial charge in [0.2, 0.25) is 5.95 Å². The summed E-state index contributed by atoms with van der Waals surface area (Å²) >= 11 is 6.08. The summed E-state index contributed by atoms with van der Waals surface area (Å²) in [5.41, 5.74) is 11.6. The number of benzene rings is 1. The number of fused-ring (bicyclic) bond motifs is 1. The van der Waals surface area contributed by atoms with E-state index < -0.39 is 56.0 Å². The largest absolute Gasteiger partial charge is 0.462 e. The molecule has 0 amide bonds. The number of hydrogen-bond donors (Lipinski definition) is 4. The Morgan fingerprint density at radius 3 is 2.67 bits per heavy atom. The quantitative estimate of drug-likeness (QED) is 0.153. The van der Waals surface area contributed by atoms with Crippen molar-refractivity contribution in [3.8, 4) is 5.75 Å². The number of rotatable bonds is 10. The maximum absolute atomic E-state index is 15.6. The second kappa shape index (κ2) is 11.2. The molecule has 17 heteroatoms. The molecule has 0 spiro atoms. The standard InChI is InChI=1S/C22H28ClFN7O7P/c1-11(2)36-19(33)12(3)30-39(34,38-13-7-5-4-6-8-13)35-9-14-16(32)22(23,24)20(37-14)31-10-27-15-17(25)28-21(26)29-18(15)31/h4-8,10-12,14,16,20,32H,9H2,1-3H3,(H,30,34)(H4,25,26,28,29)/t12-,14-,16-,20-,22-,39+/m1/s1. The molecule has 1 aliphatic heterocycles. The first kappa shape index (κ1) is 28.9. The predicted octanol–water partition coefficient (Wildman–Crippen LogP) is 2.29. The summed E-state index contributed by atoms with van der Waals surface area (Å²) in [7, 11) is -4.33. The normalized spacial score (nSPS) is 25.5. The number of halogens is 2. The van der Waals surface area contributed by atoms with Crippen LogP contribution >= 0.6 is 19.3 Å². The molecule has 3 heterocycles. The van der Waals surface area contributed by atoms with Crippen LogP contribution in [0, 0.1) is 0 Å². The molecular formula is C22H28ClFN7O7P. The van der Waals surface area contributed by atoms with Crippen LogP contribution in [0.15, 0.2) is 36.7 Å². The number of alkyl halides is 2. The van der Waals surface area contributed by atoms with E-state index >= 15 is 4.39 Å². The number of nitrogens with one attached hydrogen (secondary N) is 1. The second-order valence-corrected chi connectivity index (χ2v) is 11.2. The number of nitrogen functional groups attached to an aromatic ring is 2. The van der Waals surface area contributed by atoms with E-state index in [1.807, 2.05) is 0 Å². The van der Waals surface area contributed by atoms with Gasteiger partial charge in [0.1, 0.15) is 29.5 Å². The van der Waals surface area contributed by atoms with Crippen molar-refractivity contribution in [1.82, 2.24) is 24.6 Å². The molecule has 1 saturated heterocycles. The number of anilines is 2. The molecule has 4 rings (SSSR count). The number of aliphatic hydroxyl groups excluding tert-OH is 1. The first-order valence-electron chi connectivity index (χ1n) is 11.7. The van der Waals surface area contributed by atoms with E-state index in [-0.39, 0.29) is 28.7 Å². The number of nitrogens with zero attached hydrogens (tertiary/aromatic N) is 4. The van der Waals surface area contributed by atoms with Crippen molar-refractivity contribution in [3.05, 3.63) is 36.7 Å². The molecule has 0 saturated carbocycles. The lowest BCUT2D eigenvalue weighted by Gasteiger charge is -2.25. The van der Waals surface area contributed by atoms with Crippen LogP contribution < -0.4 is 21.1 Å². The van der Waals surface area contributed by atoms with E-state index in [1.54, 1.807) is 32.0 Å². The highest BCUT2D eigenvalue weighted by molar-refractivity contribution is 7.52. The van der Waals surface area contributed by atoms with Crippen LogP contribution in [0.1, 0.15) is 27.0 Å². The number of ether oxygens (including phenoxy) is 2. The van der Waals surface area contributed by atoms with E-state index in [0.29, 0.717) is 0 Å². The Labute approximate surface area is 227 Å². The Hall–Kier alpha value is -3.07. The van der Waals surface area contributed by atoms with Gasteiger partial charge in [-0.25, -0.2) is 13.9 Å². The molecule has 39 heavy (non-hydrogen) atoms. The van der Waals surface area contributed by atoms with Crippen LogP contribution in [0.5, 0.6) is 5.75 Å². The van der Waals surface area contributed by atoms with Gasteiger partial charge in [0.15, 0.2) is 17.7 Å². The van der Waals surface area contributed by atoms with Gasteiger partial charge in [-0.2, -0.15) is 15.1 Å². The fourth-order valence-corrected chi connectivity index (χ4v) is 5.54. The molecule has 6 N–H and O–H groups in total. The Morgan fingerprint density at radius 1 is 1.31 bits per heavy atom. The zero-order chi connectivity index (χ0) is 28.5. The zero-order valence-corrected chi connectivity index (χ0v) is 22.8. The van der Waals surface area contributed by atoms with Gasteiger partial charge < -0.3 is 30.6 Å². The van der Waals surface area contributed by atoms with Crippen LogP contribution in [-0.4, -0.2) is 66.7 Å². The Morgan fingerprint density at radius 2 is 2.00 bits per heavy atom. The highest BCUT2D eigenvalue weighted by Crippen LogP contribution is 2.49. The number of hydrogen-bond acceptors (Lipinski definition) is 12. The van der Waals surface area contributed by atoms with Crippen molar-refractivity contribution >= 4 is 48.2 Å². The Balaban J connectivity index is 1.55. The van der Waals surface area contributed by atoms with E-state index in [2.05, 4.69) is 20.0 Å². The van der Waals surface area contributed by atoms with Gasteiger partial charge in [-0.05, 0) is 32.9 Å². The SMILES string of the molecule is CC(C)OC(=O)[C@@H](C)N[P@](=O)(OC[C@H]1O[C@@H](n2cnc3c(N)nc(N)nc32)[C@@](F)(Cl)[C@@H]1O)Oc1ccccc1. The molecule has 0 radical (unpaired) electrons. The molecule has 212 valence electrons. The van der Waals surface area contributed by atoms with Crippen LogP contribution in [0.2, 0.25) is 0 Å². The topological polar surface area (TPSA) is 199 Å². The number of esters is 1. The van der Waals surface area contributed by atoms with E-state index in [9.17, 15) is 14.5 Å². The lowest BCUT2D eigenvalue weighted by molar-refractivity contribution is -0.149. The fraction of sp³-hybridized carbons (Fsp3) is 0.455. The van der Waals surface area contributed by atoms with Crippen LogP contribution in [-0.2, 0) is 23.4 Å². The number of aromatic nitrogens is 4. The summed E-state index contributed by atoms with van der Waals surface area (Å²) in [6.07, 6.45) is -4.35. The summed E-state index contributed by atoms with van der Waals surface area (Å²) in [6.45, 7) is 4.06. The molecule has 0 unspecified atom stereocenters. The fourth-order valence-electron chi connectivity index (χ4n) is 3.74. The minimum absolute atomic E-state index is 0.0127. The third-order valence-electron chi connectivity index (χ3n) is 5.53. The maximum Gasteiger partial charge on any atom is 0.459 e. The number of aliphatic hydroxyl groups is 1. The third kappa shape index (κ3) is 6.24. The first-order chi connectivity index (χ1) is 18.3. The molecule has 6 atom stereocenters. The van der Waals surface area contributed by atoms with Gasteiger partial charge in [0.25, 0.3) is 5.13 Å². The van der Waals surface area contributed by atoms with Gasteiger partial charge in [-0.3, -0.25) is 13.9 Å². The van der Waals surface area contributed by atoms with E-state index in [1.165, 1.54) is 19.1 Å². The number of imidazole rings is 1. The zero-order valence-electron chi connectivity index (χ0n) is 21.1. The first-order valence-corrected chi connectivity index (χ1v) is 13.7. The van der Waals surface area contributed by atoms with Gasteiger partial charge in [0, 0.05) is 0 Å². The summed E-state index contributed by atoms with van der Waals surface area (Å²) in [5, 5.41) is 10.3. The monoisotopic (exact) mass is 587 g/mol. The molecular weight excluding hydrogens is 560 g/mol. The van der Waals surface area contributed by atoms with Crippen LogP contribution in [0.3, 0.4) is 0 Å². The van der Waals surface area contributed by atoms with Gasteiger partial charge in [-0.15, -0.1) is 0 Å². The average Bonchev–Trinajstić information content (AvgIpc) is 3.36. The number of nitrogens with two attached hydrogens (primary N) is 2. The van der Waals surface area contributed by atoms with Gasteiger partial charge in [0.05, 0.1) is 19.0 Å². The molecule has 1 fully saturated rings. The van der Waals surface area contributed by atoms with Crippen molar-refractivity contribution in [3.63, 3.8) is 0 Å². The minimum atomic E-state index is -4.33. The second-order valence-electron chi connectivity index (χ2n) is 8.97. The van der Waals surface area contributed by atoms with Crippen LogP contribution in [0.4, 0.5) is 16.2 Å².